The van der Waals surface area contributed by atoms with Gasteiger partial charge in [-0.05, 0) is 26.0 Å². The molecule has 0 aliphatic carbocycles. The molecule has 0 aliphatic rings. The lowest BCUT2D eigenvalue weighted by Crippen LogP contribution is -2.30. The molecule has 3 nitrogen and oxygen atoms in total. The first kappa shape index (κ1) is 17.9. The number of carbonyl (C=O) groups excluding carboxylic acids is 1. The number of benzene rings is 1. The highest BCUT2D eigenvalue weighted by Crippen LogP contribution is 2.32. The number of rotatable bonds is 4. The third-order valence-electron chi connectivity index (χ3n) is 2.83. The summed E-state index contributed by atoms with van der Waals surface area (Å²) in [7, 11) is 0. The first-order valence-corrected chi connectivity index (χ1v) is 6.40. The maximum Gasteiger partial charge on any atom is 0.416 e. The maximum atomic E-state index is 12.9. The van der Waals surface area contributed by atoms with Crippen LogP contribution in [0.3, 0.4) is 0 Å². The molecule has 1 rings (SSSR count). The maximum absolute atomic E-state index is 12.9. The minimum absolute atomic E-state index is 0.221. The Morgan fingerprint density at radius 1 is 1.18 bits per heavy atom. The highest BCUT2D eigenvalue weighted by atomic mass is 19.4. The molecule has 0 radical (unpaired) electrons. The van der Waals surface area contributed by atoms with Crippen molar-refractivity contribution in [2.45, 2.75) is 20.0 Å². The Labute approximate surface area is 124 Å². The molecule has 0 N–H and O–H groups in total. The van der Waals surface area contributed by atoms with Crippen molar-refractivity contribution < 1.29 is 31.5 Å². The average molecular weight is 323 g/mol. The van der Waals surface area contributed by atoms with E-state index >= 15 is 0 Å². The number of carbonyl (C=O) groups is 1. The molecule has 122 valence electrons. The molecule has 1 amide bonds. The van der Waals surface area contributed by atoms with E-state index in [-0.39, 0.29) is 13.1 Å². The lowest BCUT2D eigenvalue weighted by molar-refractivity contribution is -0.137. The highest BCUT2D eigenvalue weighted by Gasteiger charge is 2.31. The molecule has 0 spiro atoms. The summed E-state index contributed by atoms with van der Waals surface area (Å²) in [5.74, 6) is -1.18. The van der Waals surface area contributed by atoms with E-state index in [1.807, 2.05) is 0 Å². The van der Waals surface area contributed by atoms with Crippen molar-refractivity contribution in [1.82, 2.24) is 4.90 Å². The monoisotopic (exact) mass is 323 g/mol. The van der Waals surface area contributed by atoms with E-state index in [0.29, 0.717) is 6.07 Å². The molecule has 0 aliphatic heterocycles. The zero-order valence-electron chi connectivity index (χ0n) is 11.9. The van der Waals surface area contributed by atoms with Crippen LogP contribution in [-0.4, -0.2) is 24.1 Å². The Balaban J connectivity index is 3.14. The molecule has 1 aromatic carbocycles. The number of ether oxygens (including phenoxy) is 1. The second kappa shape index (κ2) is 7.24. The summed E-state index contributed by atoms with van der Waals surface area (Å²) >= 11 is 0. The third-order valence-corrected chi connectivity index (χ3v) is 2.83. The van der Waals surface area contributed by atoms with Gasteiger partial charge in [-0.15, -0.1) is 0 Å². The van der Waals surface area contributed by atoms with Crippen molar-refractivity contribution >= 4 is 11.9 Å². The molecule has 0 unspecified atom stereocenters. The Bertz CT molecular complexity index is 561. The van der Waals surface area contributed by atoms with Crippen LogP contribution in [0.15, 0.2) is 30.3 Å². The fourth-order valence-corrected chi connectivity index (χ4v) is 1.68. The molecule has 1 aromatic rings. The lowest BCUT2D eigenvalue weighted by atomic mass is 10.1. The zero-order valence-corrected chi connectivity index (χ0v) is 11.9. The average Bonchev–Trinajstić information content (AvgIpc) is 2.45. The number of amides is 1. The van der Waals surface area contributed by atoms with E-state index in [9.17, 15) is 26.7 Å². The van der Waals surface area contributed by atoms with Gasteiger partial charge in [0.15, 0.2) is 0 Å². The Morgan fingerprint density at radius 3 is 2.23 bits per heavy atom. The van der Waals surface area contributed by atoms with E-state index in [4.69, 9.17) is 0 Å². The van der Waals surface area contributed by atoms with Crippen LogP contribution >= 0.6 is 0 Å². The van der Waals surface area contributed by atoms with Crippen LogP contribution in [-0.2, 0) is 10.9 Å². The summed E-state index contributed by atoms with van der Waals surface area (Å²) in [6.45, 7) is 3.67. The zero-order chi connectivity index (χ0) is 16.9. The van der Waals surface area contributed by atoms with E-state index in [2.05, 4.69) is 4.74 Å². The van der Waals surface area contributed by atoms with Gasteiger partial charge in [-0.3, -0.25) is 0 Å². The molecular formula is C14H14F5NO2. The molecule has 0 saturated heterocycles. The van der Waals surface area contributed by atoms with Crippen LogP contribution in [0.5, 0.6) is 0 Å². The van der Waals surface area contributed by atoms with Gasteiger partial charge in [0, 0.05) is 18.7 Å². The van der Waals surface area contributed by atoms with Crippen molar-refractivity contribution in [2.75, 3.05) is 13.1 Å². The summed E-state index contributed by atoms with van der Waals surface area (Å²) in [4.78, 5) is 12.8. The predicted molar refractivity (Wildman–Crippen MR) is 70.0 cm³/mol. The molecule has 0 bridgehead atoms. The molecular weight excluding hydrogens is 309 g/mol. The standard InChI is InChI=1S/C14H14F5NO2/c1-3-20(4-2)13(21)22-11(12(15)16)9-6-5-7-10(8-9)14(17,18)19/h5-8H,3-4H2,1-2H3. The second-order valence-electron chi connectivity index (χ2n) is 4.21. The molecule has 22 heavy (non-hydrogen) atoms. The highest BCUT2D eigenvalue weighted by molar-refractivity contribution is 5.77. The number of alkyl halides is 3. The lowest BCUT2D eigenvalue weighted by Gasteiger charge is -2.19. The van der Waals surface area contributed by atoms with E-state index in [1.54, 1.807) is 13.8 Å². The molecule has 0 aromatic heterocycles. The van der Waals surface area contributed by atoms with E-state index in [0.717, 1.165) is 23.1 Å². The number of hydrogen-bond donors (Lipinski definition) is 0. The quantitative estimate of drug-likeness (QED) is 0.591. The number of halogens is 5. The van der Waals surface area contributed by atoms with Crippen molar-refractivity contribution in [3.05, 3.63) is 41.5 Å². The van der Waals surface area contributed by atoms with Gasteiger partial charge in [0.25, 0.3) is 0 Å². The fraction of sp³-hybridized carbons (Fsp3) is 0.357. The molecule has 0 heterocycles. The molecule has 0 saturated carbocycles. The van der Waals surface area contributed by atoms with Crippen LogP contribution in [0.2, 0.25) is 0 Å². The summed E-state index contributed by atoms with van der Waals surface area (Å²) in [6, 6.07) is 3.22. The van der Waals surface area contributed by atoms with Gasteiger partial charge in [0.2, 0.25) is 5.76 Å². The molecule has 0 atom stereocenters. The van der Waals surface area contributed by atoms with Gasteiger partial charge in [0.05, 0.1) is 5.56 Å². The van der Waals surface area contributed by atoms with Crippen molar-refractivity contribution in [1.29, 1.82) is 0 Å². The third kappa shape index (κ3) is 4.44. The largest absolute Gasteiger partial charge is 0.416 e. The van der Waals surface area contributed by atoms with Crippen LogP contribution in [0, 0.1) is 0 Å². The van der Waals surface area contributed by atoms with Crippen molar-refractivity contribution in [3.8, 4) is 0 Å². The van der Waals surface area contributed by atoms with Gasteiger partial charge in [-0.2, -0.15) is 22.0 Å². The van der Waals surface area contributed by atoms with Gasteiger partial charge in [-0.1, -0.05) is 12.1 Å². The second-order valence-corrected chi connectivity index (χ2v) is 4.21. The minimum atomic E-state index is -4.68. The Morgan fingerprint density at radius 2 is 1.77 bits per heavy atom. The van der Waals surface area contributed by atoms with Crippen LogP contribution in [0.25, 0.3) is 5.76 Å². The van der Waals surface area contributed by atoms with Gasteiger partial charge < -0.3 is 9.64 Å². The minimum Gasteiger partial charge on any atom is -0.404 e. The van der Waals surface area contributed by atoms with Crippen molar-refractivity contribution in [2.24, 2.45) is 0 Å². The van der Waals surface area contributed by atoms with Crippen LogP contribution in [0.4, 0.5) is 26.7 Å². The van der Waals surface area contributed by atoms with E-state index in [1.165, 1.54) is 0 Å². The number of hydrogen-bond acceptors (Lipinski definition) is 2. The summed E-state index contributed by atoms with van der Waals surface area (Å²) in [5, 5.41) is 0. The summed E-state index contributed by atoms with van der Waals surface area (Å²) < 4.78 is 68.3. The summed E-state index contributed by atoms with van der Waals surface area (Å²) in [6.07, 6.45) is -8.11. The van der Waals surface area contributed by atoms with Crippen LogP contribution in [0.1, 0.15) is 25.0 Å². The first-order valence-electron chi connectivity index (χ1n) is 6.40. The normalized spacial score (nSPS) is 11.0. The van der Waals surface area contributed by atoms with E-state index < -0.39 is 35.2 Å². The molecule has 8 heteroatoms. The number of nitrogens with zero attached hydrogens (tertiary/aromatic N) is 1. The van der Waals surface area contributed by atoms with Crippen molar-refractivity contribution in [3.63, 3.8) is 0 Å². The Kier molecular flexibility index (Phi) is 5.90. The smallest absolute Gasteiger partial charge is 0.404 e. The van der Waals surface area contributed by atoms with Gasteiger partial charge in [-0.25, -0.2) is 4.79 Å². The predicted octanol–water partition coefficient (Wildman–Crippen LogP) is 4.75. The van der Waals surface area contributed by atoms with Gasteiger partial charge in [0.1, 0.15) is 0 Å². The molecule has 0 fully saturated rings. The Hall–Kier alpha value is -2.12. The van der Waals surface area contributed by atoms with Crippen LogP contribution < -0.4 is 0 Å². The SMILES string of the molecule is CCN(CC)C(=O)OC(=C(F)F)c1cccc(C(F)(F)F)c1. The first-order chi connectivity index (χ1) is 10.2. The topological polar surface area (TPSA) is 29.5 Å². The van der Waals surface area contributed by atoms with Gasteiger partial charge >= 0.3 is 18.4 Å². The summed E-state index contributed by atoms with van der Waals surface area (Å²) in [5.41, 5.74) is -1.63. The fourth-order valence-electron chi connectivity index (χ4n) is 1.68.